The van der Waals surface area contributed by atoms with Crippen molar-refractivity contribution in [2.75, 3.05) is 5.32 Å². The number of nitrogens with zero attached hydrogens (tertiary/aromatic N) is 2. The fraction of sp³-hybridized carbons (Fsp3) is 0.556. The van der Waals surface area contributed by atoms with Crippen LogP contribution in [0.1, 0.15) is 38.7 Å². The van der Waals surface area contributed by atoms with Gasteiger partial charge in [-0.25, -0.2) is 4.79 Å². The molecule has 3 N–H and O–H groups in total. The molecule has 2 aromatic rings. The summed E-state index contributed by atoms with van der Waals surface area (Å²) in [5, 5.41) is 3.04. The Bertz CT molecular complexity index is 834. The second-order valence-electron chi connectivity index (χ2n) is 6.69. The molecule has 0 bridgehead atoms. The molecule has 2 atom stereocenters. The maximum Gasteiger partial charge on any atom is 0.329 e. The predicted molar refractivity (Wildman–Crippen MR) is 96.2 cm³/mol. The third-order valence-corrected chi connectivity index (χ3v) is 5.10. The summed E-state index contributed by atoms with van der Waals surface area (Å²) in [7, 11) is 0. The van der Waals surface area contributed by atoms with Crippen LogP contribution < -0.4 is 16.7 Å². The third-order valence-electron chi connectivity index (χ3n) is 5.10. The first-order valence-electron chi connectivity index (χ1n) is 8.76. The van der Waals surface area contributed by atoms with Crippen LogP contribution in [0, 0.1) is 12.8 Å². The first kappa shape index (κ1) is 16.8. The van der Waals surface area contributed by atoms with Crippen molar-refractivity contribution >= 4 is 22.6 Å². The van der Waals surface area contributed by atoms with Crippen molar-refractivity contribution in [3.8, 4) is 0 Å². The molecule has 1 aliphatic carbocycles. The number of carbonyl (C=O) groups excluding carboxylic acids is 1. The summed E-state index contributed by atoms with van der Waals surface area (Å²) >= 11 is 0. The molecule has 1 fully saturated rings. The maximum atomic E-state index is 12.5. The van der Waals surface area contributed by atoms with Crippen LogP contribution in [0.4, 0.5) is 5.69 Å². The van der Waals surface area contributed by atoms with Gasteiger partial charge in [-0.3, -0.25) is 13.9 Å². The van der Waals surface area contributed by atoms with Gasteiger partial charge in [-0.2, -0.15) is 0 Å². The Morgan fingerprint density at radius 1 is 1.21 bits per heavy atom. The number of imidazole rings is 1. The summed E-state index contributed by atoms with van der Waals surface area (Å²) in [6.07, 6.45) is 2.50. The van der Waals surface area contributed by atoms with Gasteiger partial charge in [0, 0.05) is 30.7 Å². The minimum Gasteiger partial charge on any atom is -0.328 e. The van der Waals surface area contributed by atoms with Crippen LogP contribution in [-0.2, 0) is 17.9 Å². The summed E-state index contributed by atoms with van der Waals surface area (Å²) < 4.78 is 3.52. The minimum atomic E-state index is -0.0105. The van der Waals surface area contributed by atoms with Crippen molar-refractivity contribution < 1.29 is 4.79 Å². The average molecular weight is 330 g/mol. The molecule has 6 heteroatoms. The first-order chi connectivity index (χ1) is 11.5. The Hall–Kier alpha value is -2.08. The largest absolute Gasteiger partial charge is 0.329 e. The molecule has 1 heterocycles. The Morgan fingerprint density at radius 2 is 1.83 bits per heavy atom. The second-order valence-corrected chi connectivity index (χ2v) is 6.69. The van der Waals surface area contributed by atoms with Gasteiger partial charge < -0.3 is 11.1 Å². The van der Waals surface area contributed by atoms with E-state index in [9.17, 15) is 9.59 Å². The number of carbonyl (C=O) groups is 1. The van der Waals surface area contributed by atoms with Gasteiger partial charge in [0.15, 0.2) is 0 Å². The molecule has 1 saturated carbocycles. The van der Waals surface area contributed by atoms with Crippen LogP contribution in [0.15, 0.2) is 16.9 Å². The summed E-state index contributed by atoms with van der Waals surface area (Å²) in [4.78, 5) is 25.0. The molecule has 6 nitrogen and oxygen atoms in total. The van der Waals surface area contributed by atoms with Crippen LogP contribution >= 0.6 is 0 Å². The normalized spacial score (nSPS) is 20.7. The number of nitrogens with two attached hydrogens (primary N) is 1. The van der Waals surface area contributed by atoms with Gasteiger partial charge in [0.05, 0.1) is 11.0 Å². The van der Waals surface area contributed by atoms with Crippen LogP contribution in [0.25, 0.3) is 11.0 Å². The number of hydrogen-bond donors (Lipinski definition) is 2. The first-order valence-corrected chi connectivity index (χ1v) is 8.76. The quantitative estimate of drug-likeness (QED) is 0.902. The van der Waals surface area contributed by atoms with Gasteiger partial charge in [-0.15, -0.1) is 0 Å². The van der Waals surface area contributed by atoms with Crippen molar-refractivity contribution in [1.82, 2.24) is 9.13 Å². The summed E-state index contributed by atoms with van der Waals surface area (Å²) in [6, 6.07) is 4.05. The van der Waals surface area contributed by atoms with Crippen LogP contribution in [0.2, 0.25) is 0 Å². The number of amides is 1. The van der Waals surface area contributed by atoms with Gasteiger partial charge >= 0.3 is 5.69 Å². The SMILES string of the molecule is CCn1c(=O)n(CC)c2cc(NC(=O)[C@H]3CC[C@@H](N)C3)c(C)cc21. The van der Waals surface area contributed by atoms with Crippen LogP contribution in [-0.4, -0.2) is 21.1 Å². The highest BCUT2D eigenvalue weighted by Gasteiger charge is 2.28. The van der Waals surface area contributed by atoms with E-state index in [4.69, 9.17) is 5.73 Å². The summed E-state index contributed by atoms with van der Waals surface area (Å²) in [5.41, 5.74) is 9.45. The van der Waals surface area contributed by atoms with Crippen molar-refractivity contribution in [3.05, 3.63) is 28.2 Å². The van der Waals surface area contributed by atoms with E-state index in [1.54, 1.807) is 9.13 Å². The second kappa shape index (κ2) is 6.43. The van der Waals surface area contributed by atoms with Crippen molar-refractivity contribution in [1.29, 1.82) is 0 Å². The Labute approximate surface area is 141 Å². The fourth-order valence-corrected chi connectivity index (χ4v) is 3.70. The van der Waals surface area contributed by atoms with E-state index in [1.165, 1.54) is 0 Å². The highest BCUT2D eigenvalue weighted by molar-refractivity contribution is 5.96. The molecular weight excluding hydrogens is 304 g/mol. The Kier molecular flexibility index (Phi) is 4.49. The van der Waals surface area contributed by atoms with Gasteiger partial charge in [0.25, 0.3) is 0 Å². The fourth-order valence-electron chi connectivity index (χ4n) is 3.70. The molecule has 1 aromatic heterocycles. The molecule has 0 aliphatic heterocycles. The number of hydrogen-bond acceptors (Lipinski definition) is 3. The molecule has 24 heavy (non-hydrogen) atoms. The molecule has 1 amide bonds. The van der Waals surface area contributed by atoms with E-state index in [-0.39, 0.29) is 23.6 Å². The molecule has 130 valence electrons. The van der Waals surface area contributed by atoms with Crippen LogP contribution in [0.3, 0.4) is 0 Å². The number of aromatic nitrogens is 2. The number of anilines is 1. The number of nitrogens with one attached hydrogen (secondary N) is 1. The lowest BCUT2D eigenvalue weighted by Gasteiger charge is -2.13. The number of rotatable bonds is 4. The zero-order chi connectivity index (χ0) is 17.4. The zero-order valence-corrected chi connectivity index (χ0v) is 14.6. The number of aryl methyl sites for hydroxylation is 3. The number of benzene rings is 1. The molecule has 0 spiro atoms. The lowest BCUT2D eigenvalue weighted by molar-refractivity contribution is -0.119. The van der Waals surface area contributed by atoms with Gasteiger partial charge in [-0.1, -0.05) is 0 Å². The smallest absolute Gasteiger partial charge is 0.328 e. The molecule has 0 radical (unpaired) electrons. The molecule has 0 saturated heterocycles. The van der Waals surface area contributed by atoms with Crippen LogP contribution in [0.5, 0.6) is 0 Å². The van der Waals surface area contributed by atoms with E-state index in [2.05, 4.69) is 5.32 Å². The summed E-state index contributed by atoms with van der Waals surface area (Å²) in [5.74, 6) is 0.0226. The van der Waals surface area contributed by atoms with Gasteiger partial charge in [-0.05, 0) is 57.7 Å². The van der Waals surface area contributed by atoms with E-state index in [1.807, 2.05) is 32.9 Å². The van der Waals surface area contributed by atoms with Crippen molar-refractivity contribution in [3.63, 3.8) is 0 Å². The zero-order valence-electron chi connectivity index (χ0n) is 14.6. The Balaban J connectivity index is 1.98. The third kappa shape index (κ3) is 2.75. The number of fused-ring (bicyclic) bond motifs is 1. The molecular formula is C18H26N4O2. The monoisotopic (exact) mass is 330 g/mol. The van der Waals surface area contributed by atoms with E-state index in [0.29, 0.717) is 13.1 Å². The highest BCUT2D eigenvalue weighted by atomic mass is 16.2. The highest BCUT2D eigenvalue weighted by Crippen LogP contribution is 2.28. The molecule has 1 aromatic carbocycles. The van der Waals surface area contributed by atoms with Crippen molar-refractivity contribution in [2.24, 2.45) is 11.7 Å². The predicted octanol–water partition coefficient (Wildman–Crippen LogP) is 2.22. The van der Waals surface area contributed by atoms with Gasteiger partial charge in [0.1, 0.15) is 0 Å². The van der Waals surface area contributed by atoms with E-state index >= 15 is 0 Å². The topological polar surface area (TPSA) is 82.0 Å². The minimum absolute atomic E-state index is 0.000331. The maximum absolute atomic E-state index is 12.5. The average Bonchev–Trinajstić information content (AvgIpc) is 3.08. The van der Waals surface area contributed by atoms with E-state index < -0.39 is 0 Å². The molecule has 1 aliphatic rings. The lowest BCUT2D eigenvalue weighted by Crippen LogP contribution is -2.23. The van der Waals surface area contributed by atoms with Crippen molar-refractivity contribution in [2.45, 2.75) is 59.2 Å². The summed E-state index contributed by atoms with van der Waals surface area (Å²) in [6.45, 7) is 7.13. The standard InChI is InChI=1S/C18H26N4O2/c1-4-21-15-8-11(3)14(10-16(15)22(5-2)18(21)24)20-17(23)12-6-7-13(19)9-12/h8,10,12-13H,4-7,9,19H2,1-3H3,(H,20,23)/t12-,13+/m0/s1. The van der Waals surface area contributed by atoms with Gasteiger partial charge in [0.2, 0.25) is 5.91 Å². The lowest BCUT2D eigenvalue weighted by atomic mass is 10.1. The Morgan fingerprint density at radius 3 is 2.38 bits per heavy atom. The molecule has 0 unspecified atom stereocenters. The molecule has 3 rings (SSSR count). The van der Waals surface area contributed by atoms with E-state index in [0.717, 1.165) is 41.5 Å².